The highest BCUT2D eigenvalue weighted by Crippen LogP contribution is 2.41. The third kappa shape index (κ3) is 5.67. The molecule has 63 heavy (non-hydrogen) atoms. The quantitative estimate of drug-likeness (QED) is 0.166. The average molecular weight is 808 g/mol. The minimum atomic E-state index is 0.568. The van der Waals surface area contributed by atoms with Crippen molar-refractivity contribution >= 4 is 65.6 Å². The van der Waals surface area contributed by atoms with Crippen LogP contribution in [0.15, 0.2) is 209 Å². The number of hydrogen-bond acceptors (Lipinski definition) is 6. The SMILES string of the molecule is c1ccc(-c2nc3c(ccc4oc5cc6cccc(-c7nc(-c8ccc(-n9c%10ccccc%10c%10ccccc%109)cc8)nc(-c8ccccc8-c8ccccc8)n7)c6cc5c43)o2)cc1. The fraction of sp³-hybridized carbons (Fsp3) is 0. The van der Waals surface area contributed by atoms with Crippen molar-refractivity contribution in [2.45, 2.75) is 0 Å². The maximum atomic E-state index is 6.50. The normalized spacial score (nSPS) is 11.8. The number of nitrogens with zero attached hydrogens (tertiary/aromatic N) is 5. The minimum absolute atomic E-state index is 0.568. The zero-order chi connectivity index (χ0) is 41.4. The molecule has 0 saturated heterocycles. The van der Waals surface area contributed by atoms with E-state index in [0.29, 0.717) is 28.9 Å². The Morgan fingerprint density at radius 1 is 0.349 bits per heavy atom. The second kappa shape index (κ2) is 13.9. The molecule has 0 fully saturated rings. The van der Waals surface area contributed by atoms with Gasteiger partial charge in [-0.1, -0.05) is 127 Å². The number of hydrogen-bond donors (Lipinski definition) is 0. The first-order chi connectivity index (χ1) is 31.2. The van der Waals surface area contributed by atoms with Crippen LogP contribution in [0, 0.1) is 0 Å². The number of benzene rings is 9. The Morgan fingerprint density at radius 2 is 0.952 bits per heavy atom. The zero-order valence-corrected chi connectivity index (χ0v) is 33.6. The second-order valence-corrected chi connectivity index (χ2v) is 15.8. The molecule has 0 radical (unpaired) electrons. The molecule has 0 bridgehead atoms. The van der Waals surface area contributed by atoms with E-state index in [1.165, 1.54) is 10.8 Å². The molecule has 0 saturated carbocycles. The van der Waals surface area contributed by atoms with Crippen LogP contribution in [0.3, 0.4) is 0 Å². The Kier molecular flexibility index (Phi) is 7.77. The van der Waals surface area contributed by atoms with Crippen molar-refractivity contribution in [2.75, 3.05) is 0 Å². The Labute approximate surface area is 360 Å². The van der Waals surface area contributed by atoms with Gasteiger partial charge in [0, 0.05) is 44.1 Å². The van der Waals surface area contributed by atoms with E-state index in [1.807, 2.05) is 54.6 Å². The predicted molar refractivity (Wildman–Crippen MR) is 254 cm³/mol. The zero-order valence-electron chi connectivity index (χ0n) is 33.6. The summed E-state index contributed by atoms with van der Waals surface area (Å²) < 4.78 is 15.1. The van der Waals surface area contributed by atoms with Crippen LogP contribution in [0.2, 0.25) is 0 Å². The van der Waals surface area contributed by atoms with Crippen molar-refractivity contribution < 1.29 is 8.83 Å². The molecule has 0 unspecified atom stereocenters. The first-order valence-corrected chi connectivity index (χ1v) is 21.0. The van der Waals surface area contributed by atoms with E-state index in [-0.39, 0.29) is 0 Å². The van der Waals surface area contributed by atoms with Crippen LogP contribution in [-0.2, 0) is 0 Å². The molecule has 0 atom stereocenters. The highest BCUT2D eigenvalue weighted by atomic mass is 16.4. The monoisotopic (exact) mass is 807 g/mol. The van der Waals surface area contributed by atoms with Crippen molar-refractivity contribution in [1.29, 1.82) is 0 Å². The van der Waals surface area contributed by atoms with Crippen molar-refractivity contribution in [3.05, 3.63) is 200 Å². The van der Waals surface area contributed by atoms with Crippen LogP contribution in [0.1, 0.15) is 0 Å². The van der Waals surface area contributed by atoms with Crippen molar-refractivity contribution in [3.8, 4) is 62.4 Å². The summed E-state index contributed by atoms with van der Waals surface area (Å²) in [5.41, 5.74) is 12.1. The molecule has 13 aromatic rings. The van der Waals surface area contributed by atoms with Crippen molar-refractivity contribution in [3.63, 3.8) is 0 Å². The maximum absolute atomic E-state index is 6.50. The summed E-state index contributed by atoms with van der Waals surface area (Å²) in [6, 6.07) is 68.7. The Bertz CT molecular complexity index is 3850. The fourth-order valence-electron chi connectivity index (χ4n) is 9.18. The van der Waals surface area contributed by atoms with Crippen LogP contribution in [-0.4, -0.2) is 24.5 Å². The van der Waals surface area contributed by atoms with Gasteiger partial charge in [0.15, 0.2) is 23.1 Å². The van der Waals surface area contributed by atoms with Gasteiger partial charge in [0.25, 0.3) is 0 Å². The van der Waals surface area contributed by atoms with Gasteiger partial charge >= 0.3 is 0 Å². The van der Waals surface area contributed by atoms with Crippen molar-refractivity contribution in [2.24, 2.45) is 0 Å². The summed E-state index contributed by atoms with van der Waals surface area (Å²) >= 11 is 0. The lowest BCUT2D eigenvalue weighted by atomic mass is 9.98. The maximum Gasteiger partial charge on any atom is 0.227 e. The molecule has 0 spiro atoms. The molecule has 0 aliphatic rings. The number of para-hydroxylation sites is 2. The summed E-state index contributed by atoms with van der Waals surface area (Å²) in [5, 5.41) is 6.27. The largest absolute Gasteiger partial charge is 0.456 e. The molecular weight excluding hydrogens is 775 g/mol. The molecule has 294 valence electrons. The summed E-state index contributed by atoms with van der Waals surface area (Å²) in [6.07, 6.45) is 0. The number of rotatable bonds is 6. The fourth-order valence-corrected chi connectivity index (χ4v) is 9.18. The third-order valence-corrected chi connectivity index (χ3v) is 12.1. The molecule has 4 aromatic heterocycles. The van der Waals surface area contributed by atoms with Gasteiger partial charge in [0.1, 0.15) is 16.7 Å². The van der Waals surface area contributed by atoms with E-state index in [9.17, 15) is 0 Å². The molecule has 0 amide bonds. The molecular formula is C56H33N5O2. The minimum Gasteiger partial charge on any atom is -0.456 e. The average Bonchev–Trinajstić information content (AvgIpc) is 4.05. The van der Waals surface area contributed by atoms with Crippen LogP contribution < -0.4 is 0 Å². The van der Waals surface area contributed by atoms with E-state index >= 15 is 0 Å². The van der Waals surface area contributed by atoms with E-state index in [1.54, 1.807) is 0 Å². The first kappa shape index (κ1) is 35.1. The van der Waals surface area contributed by atoms with Crippen LogP contribution in [0.4, 0.5) is 0 Å². The lowest BCUT2D eigenvalue weighted by molar-refractivity contribution is 0.619. The second-order valence-electron chi connectivity index (χ2n) is 15.8. The first-order valence-electron chi connectivity index (χ1n) is 21.0. The Balaban J connectivity index is 1.01. The molecule has 7 nitrogen and oxygen atoms in total. The molecule has 0 aliphatic heterocycles. The van der Waals surface area contributed by atoms with E-state index in [0.717, 1.165) is 88.3 Å². The van der Waals surface area contributed by atoms with Gasteiger partial charge in [0.05, 0.1) is 16.4 Å². The van der Waals surface area contributed by atoms with Gasteiger partial charge in [-0.2, -0.15) is 0 Å². The van der Waals surface area contributed by atoms with Crippen LogP contribution >= 0.6 is 0 Å². The molecule has 7 heteroatoms. The predicted octanol–water partition coefficient (Wildman–Crippen LogP) is 14.5. The third-order valence-electron chi connectivity index (χ3n) is 12.1. The Morgan fingerprint density at radius 3 is 1.70 bits per heavy atom. The number of furan rings is 1. The summed E-state index contributed by atoms with van der Waals surface area (Å²) in [6.45, 7) is 0. The molecule has 4 heterocycles. The topological polar surface area (TPSA) is 82.8 Å². The lowest BCUT2D eigenvalue weighted by Gasteiger charge is -2.13. The highest BCUT2D eigenvalue weighted by Gasteiger charge is 2.21. The van der Waals surface area contributed by atoms with Gasteiger partial charge < -0.3 is 13.4 Å². The van der Waals surface area contributed by atoms with E-state index < -0.39 is 0 Å². The summed E-state index contributed by atoms with van der Waals surface area (Å²) in [7, 11) is 0. The van der Waals surface area contributed by atoms with Crippen LogP contribution in [0.5, 0.6) is 0 Å². The molecule has 9 aromatic carbocycles. The molecule has 0 aliphatic carbocycles. The lowest BCUT2D eigenvalue weighted by Crippen LogP contribution is -2.02. The van der Waals surface area contributed by atoms with E-state index in [4.69, 9.17) is 28.8 Å². The molecule has 13 rings (SSSR count). The van der Waals surface area contributed by atoms with Gasteiger partial charge in [-0.05, 0) is 94.7 Å². The van der Waals surface area contributed by atoms with E-state index in [2.05, 4.69) is 150 Å². The van der Waals surface area contributed by atoms with Gasteiger partial charge in [-0.25, -0.2) is 19.9 Å². The summed E-state index contributed by atoms with van der Waals surface area (Å²) in [5.74, 6) is 2.31. The van der Waals surface area contributed by atoms with Gasteiger partial charge in [0.2, 0.25) is 5.89 Å². The standard InChI is InChI=1S/C56H33N5O2/c1-3-14-34(15-4-1)39-19-7-8-22-42(39)54-58-53(35-26-28-38(29-27-35)61-46-24-11-9-20-40(46)41-21-10-12-25-47(41)61)59-55(60-54)43-23-13-18-37-32-50-45(33-44(37)43)51-48(62-50)30-31-49-52(51)57-56(63-49)36-16-5-2-6-17-36/h1-33H. The Hall–Kier alpha value is -8.68. The molecule has 0 N–H and O–H groups in total. The number of aromatic nitrogens is 5. The smallest absolute Gasteiger partial charge is 0.227 e. The van der Waals surface area contributed by atoms with Crippen molar-refractivity contribution in [1.82, 2.24) is 24.5 Å². The summed E-state index contributed by atoms with van der Waals surface area (Å²) in [4.78, 5) is 20.8. The number of fused-ring (bicyclic) bond motifs is 9. The van der Waals surface area contributed by atoms with Gasteiger partial charge in [-0.3, -0.25) is 0 Å². The van der Waals surface area contributed by atoms with Gasteiger partial charge in [-0.15, -0.1) is 0 Å². The van der Waals surface area contributed by atoms with Crippen LogP contribution in [0.25, 0.3) is 128 Å². The highest BCUT2D eigenvalue weighted by molar-refractivity contribution is 6.20. The number of oxazole rings is 1.